The van der Waals surface area contributed by atoms with E-state index in [0.717, 1.165) is 5.56 Å². The maximum atomic E-state index is 14.7. The maximum absolute atomic E-state index is 14.7. The van der Waals surface area contributed by atoms with E-state index in [1.807, 2.05) is 0 Å². The quantitative estimate of drug-likeness (QED) is 0.302. The molecule has 0 heterocycles. The highest BCUT2D eigenvalue weighted by Gasteiger charge is 2.16. The summed E-state index contributed by atoms with van der Waals surface area (Å²) < 4.78 is 62.6. The zero-order chi connectivity index (χ0) is 24.2. The standard InChI is InChI=1S/C28H22F4O2/c1-34-24-15-14-23(27(31)28(24)32)19-7-2-17(3-8-19)4-11-21-12-13-22(26(30)25(21)29)20-9-5-18(16-33)6-10-20/h2-3,5-10,12-15,33H,4,11,16H2,1H3. The summed E-state index contributed by atoms with van der Waals surface area (Å²) >= 11 is 0. The van der Waals surface area contributed by atoms with Gasteiger partial charge in [-0.2, -0.15) is 4.39 Å². The lowest BCUT2D eigenvalue weighted by molar-refractivity contribution is 0.282. The molecule has 34 heavy (non-hydrogen) atoms. The Hall–Kier alpha value is -3.64. The smallest absolute Gasteiger partial charge is 0.201 e. The average Bonchev–Trinajstić information content (AvgIpc) is 2.87. The molecule has 0 saturated carbocycles. The van der Waals surface area contributed by atoms with Gasteiger partial charge in [0.25, 0.3) is 0 Å². The highest BCUT2D eigenvalue weighted by molar-refractivity contribution is 5.66. The molecule has 0 aliphatic heterocycles. The molecule has 174 valence electrons. The Morgan fingerprint density at radius 2 is 1.12 bits per heavy atom. The average molecular weight is 466 g/mol. The number of benzene rings is 4. The number of hydrogen-bond donors (Lipinski definition) is 1. The van der Waals surface area contributed by atoms with Crippen LogP contribution in [0.4, 0.5) is 17.6 Å². The molecule has 4 aromatic rings. The number of ether oxygens (including phenoxy) is 1. The minimum absolute atomic E-state index is 0.112. The monoisotopic (exact) mass is 466 g/mol. The molecule has 0 saturated heterocycles. The third kappa shape index (κ3) is 4.68. The van der Waals surface area contributed by atoms with Gasteiger partial charge in [0.05, 0.1) is 13.7 Å². The van der Waals surface area contributed by atoms with Crippen LogP contribution in [-0.2, 0) is 19.4 Å². The molecule has 1 N–H and O–H groups in total. The van der Waals surface area contributed by atoms with E-state index in [9.17, 15) is 17.6 Å². The Labute approximate surface area is 195 Å². The molecule has 0 radical (unpaired) electrons. The van der Waals surface area contributed by atoms with Crippen molar-refractivity contribution in [3.63, 3.8) is 0 Å². The van der Waals surface area contributed by atoms with Gasteiger partial charge in [-0.1, -0.05) is 60.7 Å². The summed E-state index contributed by atoms with van der Waals surface area (Å²) in [6, 6.07) is 19.4. The first-order valence-electron chi connectivity index (χ1n) is 10.7. The second-order valence-corrected chi connectivity index (χ2v) is 7.90. The number of rotatable bonds is 7. The lowest BCUT2D eigenvalue weighted by atomic mass is 9.97. The molecule has 0 aromatic heterocycles. The number of hydrogen-bond acceptors (Lipinski definition) is 2. The number of halogens is 4. The summed E-state index contributed by atoms with van der Waals surface area (Å²) in [6.45, 7) is -0.122. The van der Waals surface area contributed by atoms with E-state index in [0.29, 0.717) is 23.1 Å². The second kappa shape index (κ2) is 10.1. The van der Waals surface area contributed by atoms with Gasteiger partial charge in [-0.15, -0.1) is 0 Å². The Kier molecular flexibility index (Phi) is 6.98. The summed E-state index contributed by atoms with van der Waals surface area (Å²) in [4.78, 5) is 0. The van der Waals surface area contributed by atoms with Crippen molar-refractivity contribution in [3.05, 3.63) is 113 Å². The predicted molar refractivity (Wildman–Crippen MR) is 123 cm³/mol. The molecule has 0 unspecified atom stereocenters. The molecule has 4 aromatic carbocycles. The normalized spacial score (nSPS) is 11.0. The minimum Gasteiger partial charge on any atom is -0.494 e. The Balaban J connectivity index is 1.48. The second-order valence-electron chi connectivity index (χ2n) is 7.90. The van der Waals surface area contributed by atoms with Gasteiger partial charge in [0, 0.05) is 11.1 Å². The van der Waals surface area contributed by atoms with E-state index >= 15 is 0 Å². The highest BCUT2D eigenvalue weighted by atomic mass is 19.2. The van der Waals surface area contributed by atoms with Gasteiger partial charge >= 0.3 is 0 Å². The topological polar surface area (TPSA) is 29.5 Å². The highest BCUT2D eigenvalue weighted by Crippen LogP contribution is 2.31. The first-order valence-corrected chi connectivity index (χ1v) is 10.7. The lowest BCUT2D eigenvalue weighted by Gasteiger charge is -2.11. The van der Waals surface area contributed by atoms with E-state index in [4.69, 9.17) is 9.84 Å². The molecule has 0 spiro atoms. The SMILES string of the molecule is COc1ccc(-c2ccc(CCc3ccc(-c4ccc(CO)cc4)c(F)c3F)cc2)c(F)c1F. The van der Waals surface area contributed by atoms with E-state index in [2.05, 4.69) is 0 Å². The zero-order valence-corrected chi connectivity index (χ0v) is 18.4. The van der Waals surface area contributed by atoms with Crippen molar-refractivity contribution in [3.8, 4) is 28.0 Å². The molecule has 0 fully saturated rings. The Bertz CT molecular complexity index is 1300. The molecule has 0 atom stereocenters. The van der Waals surface area contributed by atoms with Gasteiger partial charge in [0.2, 0.25) is 5.82 Å². The molecular formula is C28H22F4O2. The predicted octanol–water partition coefficient (Wildman–Crippen LogP) is 6.86. The van der Waals surface area contributed by atoms with E-state index in [1.165, 1.54) is 19.2 Å². The molecular weight excluding hydrogens is 444 g/mol. The number of aliphatic hydroxyl groups excluding tert-OH is 1. The molecule has 0 amide bonds. The van der Waals surface area contributed by atoms with Crippen LogP contribution in [0.5, 0.6) is 5.75 Å². The molecule has 0 aliphatic rings. The minimum atomic E-state index is -1.05. The summed E-state index contributed by atoms with van der Waals surface area (Å²) in [5.41, 5.74) is 3.08. The fourth-order valence-electron chi connectivity index (χ4n) is 3.84. The van der Waals surface area contributed by atoms with Crippen molar-refractivity contribution < 1.29 is 27.4 Å². The molecule has 4 rings (SSSR count). The number of aliphatic hydroxyl groups is 1. The summed E-state index contributed by atoms with van der Waals surface area (Å²) in [6.07, 6.45) is 0.720. The van der Waals surface area contributed by atoms with Crippen LogP contribution < -0.4 is 4.74 Å². The molecule has 6 heteroatoms. The van der Waals surface area contributed by atoms with Crippen molar-refractivity contribution >= 4 is 0 Å². The third-order valence-corrected chi connectivity index (χ3v) is 5.82. The van der Waals surface area contributed by atoms with Crippen LogP contribution in [0, 0.1) is 23.3 Å². The van der Waals surface area contributed by atoms with Gasteiger partial charge in [0.1, 0.15) is 0 Å². The van der Waals surface area contributed by atoms with E-state index in [1.54, 1.807) is 60.7 Å². The number of aryl methyl sites for hydroxylation is 2. The van der Waals surface area contributed by atoms with Crippen molar-refractivity contribution in [2.45, 2.75) is 19.4 Å². The number of methoxy groups -OCH3 is 1. The summed E-state index contributed by atoms with van der Waals surface area (Å²) in [5, 5.41) is 9.13. The van der Waals surface area contributed by atoms with Crippen molar-refractivity contribution in [1.29, 1.82) is 0 Å². The van der Waals surface area contributed by atoms with Gasteiger partial charge in [-0.3, -0.25) is 0 Å². The van der Waals surface area contributed by atoms with Crippen molar-refractivity contribution in [2.75, 3.05) is 7.11 Å². The zero-order valence-electron chi connectivity index (χ0n) is 18.4. The van der Waals surface area contributed by atoms with Gasteiger partial charge < -0.3 is 9.84 Å². The van der Waals surface area contributed by atoms with Crippen LogP contribution in [0.15, 0.2) is 72.8 Å². The van der Waals surface area contributed by atoms with Gasteiger partial charge in [-0.05, 0) is 52.8 Å². The molecule has 0 aliphatic carbocycles. The Morgan fingerprint density at radius 1 is 0.588 bits per heavy atom. The Morgan fingerprint density at radius 3 is 1.68 bits per heavy atom. The van der Waals surface area contributed by atoms with Crippen LogP contribution in [0.2, 0.25) is 0 Å². The first-order chi connectivity index (χ1) is 16.4. The fourth-order valence-corrected chi connectivity index (χ4v) is 3.84. The van der Waals surface area contributed by atoms with Crippen molar-refractivity contribution in [1.82, 2.24) is 0 Å². The largest absolute Gasteiger partial charge is 0.494 e. The van der Waals surface area contributed by atoms with Crippen LogP contribution in [0.1, 0.15) is 16.7 Å². The maximum Gasteiger partial charge on any atom is 0.201 e. The molecule has 0 bridgehead atoms. The van der Waals surface area contributed by atoms with Gasteiger partial charge in [0.15, 0.2) is 23.2 Å². The van der Waals surface area contributed by atoms with Crippen LogP contribution in [-0.4, -0.2) is 12.2 Å². The van der Waals surface area contributed by atoms with E-state index < -0.39 is 23.3 Å². The van der Waals surface area contributed by atoms with Gasteiger partial charge in [-0.25, -0.2) is 13.2 Å². The lowest BCUT2D eigenvalue weighted by Crippen LogP contribution is -2.00. The summed E-state index contributed by atoms with van der Waals surface area (Å²) in [7, 11) is 1.27. The first kappa shape index (κ1) is 23.5. The van der Waals surface area contributed by atoms with Crippen LogP contribution in [0.25, 0.3) is 22.3 Å². The van der Waals surface area contributed by atoms with Crippen molar-refractivity contribution in [2.24, 2.45) is 0 Å². The van der Waals surface area contributed by atoms with Crippen LogP contribution in [0.3, 0.4) is 0 Å². The molecule has 2 nitrogen and oxygen atoms in total. The van der Waals surface area contributed by atoms with Crippen LogP contribution >= 0.6 is 0 Å². The fraction of sp³-hybridized carbons (Fsp3) is 0.143. The van der Waals surface area contributed by atoms with E-state index in [-0.39, 0.29) is 35.5 Å². The third-order valence-electron chi connectivity index (χ3n) is 5.82. The summed E-state index contributed by atoms with van der Waals surface area (Å²) in [5.74, 6) is -4.01.